The number of hydrogen-bond acceptors (Lipinski definition) is 3. The van der Waals surface area contributed by atoms with E-state index < -0.39 is 0 Å². The number of hydrogen-bond donors (Lipinski definition) is 3. The van der Waals surface area contributed by atoms with Crippen LogP contribution in [0.25, 0.3) is 5.57 Å². The van der Waals surface area contributed by atoms with Crippen molar-refractivity contribution in [1.29, 1.82) is 16.1 Å². The highest BCUT2D eigenvalue weighted by molar-refractivity contribution is 5.98. The molecule has 0 aromatic heterocycles. The fourth-order valence-corrected chi connectivity index (χ4v) is 0.981. The van der Waals surface area contributed by atoms with Crippen LogP contribution < -0.4 is 5.73 Å². The van der Waals surface area contributed by atoms with E-state index in [4.69, 9.17) is 21.8 Å². The van der Waals surface area contributed by atoms with Crippen LogP contribution in [0.5, 0.6) is 0 Å². The zero-order valence-corrected chi connectivity index (χ0v) is 7.33. The van der Waals surface area contributed by atoms with Crippen molar-refractivity contribution in [2.24, 2.45) is 5.73 Å². The van der Waals surface area contributed by atoms with Crippen LogP contribution in [0.4, 0.5) is 0 Å². The zero-order chi connectivity index (χ0) is 10.6. The Hall–Kier alpha value is -2.37. The van der Waals surface area contributed by atoms with Gasteiger partial charge in [-0.25, -0.2) is 0 Å². The Labute approximate surface area is 81.3 Å². The molecule has 1 aromatic rings. The maximum atomic E-state index is 8.62. The van der Waals surface area contributed by atoms with Gasteiger partial charge in [-0.15, -0.1) is 0 Å². The Morgan fingerprint density at radius 1 is 1.21 bits per heavy atom. The highest BCUT2D eigenvalue weighted by Crippen LogP contribution is 2.11. The Bertz CT molecular complexity index is 444. The van der Waals surface area contributed by atoms with Gasteiger partial charge in [0.25, 0.3) is 0 Å². The molecule has 14 heavy (non-hydrogen) atoms. The molecule has 0 heterocycles. The standard InChI is InChI=1S/C10H8N4/c11-5-9(6-12)7-1-3-8(4-2-7)10(13)14/h1-4,11H,(H3,13,14). The number of nitrogens with one attached hydrogen (secondary N) is 2. The van der Waals surface area contributed by atoms with Crippen molar-refractivity contribution >= 4 is 17.3 Å². The summed E-state index contributed by atoms with van der Waals surface area (Å²) in [5.41, 5.74) is 6.63. The molecule has 1 aromatic carbocycles. The van der Waals surface area contributed by atoms with E-state index in [1.54, 1.807) is 24.3 Å². The number of allylic oxidation sites excluding steroid dienone is 1. The molecule has 4 nitrogen and oxygen atoms in total. The Balaban J connectivity index is 3.13. The number of nitrogen functional groups attached to an aromatic ring is 1. The van der Waals surface area contributed by atoms with Gasteiger partial charge in [-0.2, -0.15) is 5.26 Å². The van der Waals surface area contributed by atoms with Crippen molar-refractivity contribution in [3.8, 4) is 6.07 Å². The molecule has 0 aliphatic rings. The molecule has 0 spiro atoms. The van der Waals surface area contributed by atoms with E-state index in [-0.39, 0.29) is 11.4 Å². The largest absolute Gasteiger partial charge is 0.384 e. The third-order valence-corrected chi connectivity index (χ3v) is 1.72. The predicted octanol–water partition coefficient (Wildman–Crippen LogP) is 1.13. The van der Waals surface area contributed by atoms with Gasteiger partial charge in [0.05, 0.1) is 0 Å². The van der Waals surface area contributed by atoms with Crippen molar-refractivity contribution in [2.45, 2.75) is 0 Å². The molecule has 4 heteroatoms. The summed E-state index contributed by atoms with van der Waals surface area (Å²) in [6.07, 6.45) is 0. The van der Waals surface area contributed by atoms with Gasteiger partial charge in [-0.05, 0) is 5.87 Å². The lowest BCUT2D eigenvalue weighted by molar-refractivity contribution is 1.42. The van der Waals surface area contributed by atoms with Gasteiger partial charge in [0.1, 0.15) is 17.5 Å². The van der Waals surface area contributed by atoms with Crippen molar-refractivity contribution in [3.63, 3.8) is 0 Å². The molecule has 0 aliphatic carbocycles. The quantitative estimate of drug-likeness (QED) is 0.364. The van der Waals surface area contributed by atoms with E-state index in [1.165, 1.54) is 0 Å². The van der Waals surface area contributed by atoms with Gasteiger partial charge < -0.3 is 5.73 Å². The van der Waals surface area contributed by atoms with Crippen molar-refractivity contribution in [3.05, 3.63) is 35.4 Å². The Kier molecular flexibility index (Phi) is 2.80. The van der Waals surface area contributed by atoms with Gasteiger partial charge in [0, 0.05) is 11.1 Å². The van der Waals surface area contributed by atoms with Crippen LogP contribution >= 0.6 is 0 Å². The van der Waals surface area contributed by atoms with E-state index in [2.05, 4.69) is 0 Å². The number of nitriles is 1. The molecule has 68 valence electrons. The van der Waals surface area contributed by atoms with Crippen LogP contribution in [0, 0.1) is 22.1 Å². The zero-order valence-electron chi connectivity index (χ0n) is 7.33. The fraction of sp³-hybridized carbons (Fsp3) is 0. The summed E-state index contributed by atoms with van der Waals surface area (Å²) in [6, 6.07) is 8.38. The molecule has 0 aliphatic heterocycles. The maximum Gasteiger partial charge on any atom is 0.122 e. The van der Waals surface area contributed by atoms with Gasteiger partial charge in [-0.3, -0.25) is 10.8 Å². The van der Waals surface area contributed by atoms with Crippen LogP contribution in [0.15, 0.2) is 24.3 Å². The van der Waals surface area contributed by atoms with Gasteiger partial charge in [-0.1, -0.05) is 24.3 Å². The number of amidine groups is 1. The van der Waals surface area contributed by atoms with Gasteiger partial charge in [0.2, 0.25) is 0 Å². The van der Waals surface area contributed by atoms with Gasteiger partial charge in [0.15, 0.2) is 0 Å². The highest BCUT2D eigenvalue weighted by Gasteiger charge is 2.00. The molecule has 0 fully saturated rings. The minimum Gasteiger partial charge on any atom is -0.384 e. The van der Waals surface area contributed by atoms with Crippen LogP contribution in [0.1, 0.15) is 11.1 Å². The second-order valence-corrected chi connectivity index (χ2v) is 2.60. The third-order valence-electron chi connectivity index (χ3n) is 1.72. The second kappa shape index (κ2) is 4.04. The molecular formula is C10H8N4. The summed E-state index contributed by atoms with van der Waals surface area (Å²) in [5.74, 6) is 2.02. The monoisotopic (exact) mass is 184 g/mol. The summed E-state index contributed by atoms with van der Waals surface area (Å²) in [5, 5.41) is 22.6. The van der Waals surface area contributed by atoms with E-state index in [0.717, 1.165) is 0 Å². The Morgan fingerprint density at radius 2 is 1.71 bits per heavy atom. The molecule has 0 radical (unpaired) electrons. The summed E-state index contributed by atoms with van der Waals surface area (Å²) in [6.45, 7) is 0. The van der Waals surface area contributed by atoms with Crippen molar-refractivity contribution < 1.29 is 0 Å². The van der Waals surface area contributed by atoms with E-state index in [9.17, 15) is 0 Å². The van der Waals surface area contributed by atoms with Gasteiger partial charge >= 0.3 is 0 Å². The first-order valence-corrected chi connectivity index (χ1v) is 3.83. The molecule has 0 bridgehead atoms. The third kappa shape index (κ3) is 1.86. The first kappa shape index (κ1) is 9.72. The average molecular weight is 184 g/mol. The predicted molar refractivity (Wildman–Crippen MR) is 54.2 cm³/mol. The molecule has 0 amide bonds. The van der Waals surface area contributed by atoms with Crippen LogP contribution in [-0.4, -0.2) is 11.7 Å². The number of rotatable bonds is 2. The highest BCUT2D eigenvalue weighted by atomic mass is 14.7. The van der Waals surface area contributed by atoms with Crippen LogP contribution in [0.3, 0.4) is 0 Å². The molecule has 4 N–H and O–H groups in total. The number of nitrogens with two attached hydrogens (primary N) is 1. The Morgan fingerprint density at radius 3 is 2.07 bits per heavy atom. The minimum absolute atomic E-state index is 0.0195. The second-order valence-electron chi connectivity index (χ2n) is 2.60. The van der Waals surface area contributed by atoms with Crippen molar-refractivity contribution in [2.75, 3.05) is 0 Å². The molecule has 0 unspecified atom stereocenters. The smallest absolute Gasteiger partial charge is 0.122 e. The summed E-state index contributed by atoms with van der Waals surface area (Å²) < 4.78 is 0. The topological polar surface area (TPSA) is 97.5 Å². The number of nitrogens with zero attached hydrogens (tertiary/aromatic N) is 1. The molecule has 0 saturated heterocycles. The van der Waals surface area contributed by atoms with Crippen LogP contribution in [0.2, 0.25) is 0 Å². The summed E-state index contributed by atoms with van der Waals surface area (Å²) in [7, 11) is 0. The number of benzene rings is 1. The molecular weight excluding hydrogens is 176 g/mol. The van der Waals surface area contributed by atoms with E-state index >= 15 is 0 Å². The fourth-order valence-electron chi connectivity index (χ4n) is 0.981. The lowest BCUT2D eigenvalue weighted by Crippen LogP contribution is -2.10. The molecule has 1 rings (SSSR count). The normalized spacial score (nSPS) is 8.50. The minimum atomic E-state index is -0.0195. The average Bonchev–Trinajstić information content (AvgIpc) is 2.20. The summed E-state index contributed by atoms with van der Waals surface area (Å²) >= 11 is 0. The van der Waals surface area contributed by atoms with Crippen molar-refractivity contribution in [1.82, 2.24) is 0 Å². The SMILES string of the molecule is N#CC(=C=N)c1ccc(C(=N)N)cc1. The lowest BCUT2D eigenvalue weighted by atomic mass is 10.1. The maximum absolute atomic E-state index is 8.62. The first-order valence-electron chi connectivity index (χ1n) is 3.83. The molecule has 0 saturated carbocycles. The molecule has 0 atom stereocenters. The van der Waals surface area contributed by atoms with E-state index in [1.807, 2.05) is 11.9 Å². The van der Waals surface area contributed by atoms with E-state index in [0.29, 0.717) is 11.1 Å². The lowest BCUT2D eigenvalue weighted by Gasteiger charge is -1.99. The summed E-state index contributed by atoms with van der Waals surface area (Å²) in [4.78, 5) is 0. The first-order chi connectivity index (χ1) is 6.69. The van der Waals surface area contributed by atoms with Crippen LogP contribution in [-0.2, 0) is 0 Å².